The smallest absolute Gasteiger partial charge is 0.261 e. The SMILES string of the molecule is COc1ccc(S(=O)(=O)Nc2cc(Cl)ccc2Cl)cc1. The maximum absolute atomic E-state index is 12.2. The summed E-state index contributed by atoms with van der Waals surface area (Å²) in [6.45, 7) is 0. The molecule has 20 heavy (non-hydrogen) atoms. The number of rotatable bonds is 4. The van der Waals surface area contributed by atoms with Crippen LogP contribution in [0.25, 0.3) is 0 Å². The number of methoxy groups -OCH3 is 1. The average molecular weight is 332 g/mol. The molecule has 0 fully saturated rings. The highest BCUT2D eigenvalue weighted by Crippen LogP contribution is 2.28. The normalized spacial score (nSPS) is 11.2. The fourth-order valence-corrected chi connectivity index (χ4v) is 3.00. The summed E-state index contributed by atoms with van der Waals surface area (Å²) in [7, 11) is -2.22. The van der Waals surface area contributed by atoms with Crippen molar-refractivity contribution in [1.82, 2.24) is 0 Å². The van der Waals surface area contributed by atoms with Crippen molar-refractivity contribution in [2.45, 2.75) is 4.90 Å². The van der Waals surface area contributed by atoms with Gasteiger partial charge < -0.3 is 4.74 Å². The van der Waals surface area contributed by atoms with Crippen molar-refractivity contribution >= 4 is 38.9 Å². The Morgan fingerprint density at radius 1 is 1.05 bits per heavy atom. The van der Waals surface area contributed by atoms with Gasteiger partial charge in [0.05, 0.1) is 22.7 Å². The molecule has 2 rings (SSSR count). The molecule has 0 radical (unpaired) electrons. The highest BCUT2D eigenvalue weighted by molar-refractivity contribution is 7.92. The monoisotopic (exact) mass is 331 g/mol. The van der Waals surface area contributed by atoms with E-state index in [1.54, 1.807) is 18.2 Å². The van der Waals surface area contributed by atoms with Crippen LogP contribution in [0.2, 0.25) is 10.0 Å². The van der Waals surface area contributed by atoms with E-state index in [9.17, 15) is 8.42 Å². The molecule has 2 aromatic rings. The Kier molecular flexibility index (Phi) is 4.42. The molecular weight excluding hydrogens is 321 g/mol. The van der Waals surface area contributed by atoms with Crippen molar-refractivity contribution in [3.8, 4) is 5.75 Å². The van der Waals surface area contributed by atoms with Crippen LogP contribution in [0.5, 0.6) is 5.75 Å². The van der Waals surface area contributed by atoms with Gasteiger partial charge in [-0.2, -0.15) is 0 Å². The average Bonchev–Trinajstić information content (AvgIpc) is 2.43. The van der Waals surface area contributed by atoms with E-state index in [4.69, 9.17) is 27.9 Å². The van der Waals surface area contributed by atoms with E-state index in [0.717, 1.165) is 0 Å². The second kappa shape index (κ2) is 5.91. The fraction of sp³-hybridized carbons (Fsp3) is 0.0769. The van der Waals surface area contributed by atoms with Gasteiger partial charge in [-0.25, -0.2) is 8.42 Å². The first-order chi connectivity index (χ1) is 9.42. The van der Waals surface area contributed by atoms with Crippen LogP contribution in [0.3, 0.4) is 0 Å². The number of ether oxygens (including phenoxy) is 1. The van der Waals surface area contributed by atoms with Crippen molar-refractivity contribution in [2.24, 2.45) is 0 Å². The Morgan fingerprint density at radius 3 is 2.30 bits per heavy atom. The lowest BCUT2D eigenvalue weighted by Gasteiger charge is -2.10. The number of benzene rings is 2. The van der Waals surface area contributed by atoms with Crippen LogP contribution in [0.15, 0.2) is 47.4 Å². The maximum Gasteiger partial charge on any atom is 0.261 e. The first-order valence-corrected chi connectivity index (χ1v) is 7.78. The largest absolute Gasteiger partial charge is 0.497 e. The van der Waals surface area contributed by atoms with Crippen molar-refractivity contribution in [2.75, 3.05) is 11.8 Å². The van der Waals surface area contributed by atoms with E-state index in [2.05, 4.69) is 4.72 Å². The zero-order valence-electron chi connectivity index (χ0n) is 10.4. The van der Waals surface area contributed by atoms with Crippen LogP contribution in [-0.4, -0.2) is 15.5 Å². The standard InChI is InChI=1S/C13H11Cl2NO3S/c1-19-10-3-5-11(6-4-10)20(17,18)16-13-8-9(14)2-7-12(13)15/h2-8,16H,1H3. The Labute approximate surface area is 127 Å². The van der Waals surface area contributed by atoms with Crippen molar-refractivity contribution in [3.63, 3.8) is 0 Å². The quantitative estimate of drug-likeness (QED) is 0.926. The van der Waals surface area contributed by atoms with Crippen LogP contribution < -0.4 is 9.46 Å². The van der Waals surface area contributed by atoms with Gasteiger partial charge in [-0.1, -0.05) is 23.2 Å². The molecule has 0 bridgehead atoms. The molecule has 1 N–H and O–H groups in total. The summed E-state index contributed by atoms with van der Waals surface area (Å²) in [6, 6.07) is 10.6. The lowest BCUT2D eigenvalue weighted by atomic mass is 10.3. The third-order valence-electron chi connectivity index (χ3n) is 2.54. The lowest BCUT2D eigenvalue weighted by molar-refractivity contribution is 0.414. The lowest BCUT2D eigenvalue weighted by Crippen LogP contribution is -2.13. The van der Waals surface area contributed by atoms with E-state index in [1.165, 1.54) is 31.4 Å². The molecule has 4 nitrogen and oxygen atoms in total. The van der Waals surface area contributed by atoms with Gasteiger partial charge in [-0.05, 0) is 42.5 Å². The van der Waals surface area contributed by atoms with Crippen molar-refractivity contribution in [1.29, 1.82) is 0 Å². The van der Waals surface area contributed by atoms with Crippen LogP contribution >= 0.6 is 23.2 Å². The Morgan fingerprint density at radius 2 is 1.70 bits per heavy atom. The molecule has 0 saturated heterocycles. The second-order valence-corrected chi connectivity index (χ2v) is 6.43. The molecule has 0 aliphatic carbocycles. The first-order valence-electron chi connectivity index (χ1n) is 5.54. The van der Waals surface area contributed by atoms with Crippen LogP contribution in [0, 0.1) is 0 Å². The van der Waals surface area contributed by atoms with E-state index in [-0.39, 0.29) is 15.6 Å². The molecular formula is C13H11Cl2NO3S. The third-order valence-corrected chi connectivity index (χ3v) is 4.49. The van der Waals surface area contributed by atoms with Crippen LogP contribution in [0.1, 0.15) is 0 Å². The van der Waals surface area contributed by atoms with Gasteiger partial charge in [-0.3, -0.25) is 4.72 Å². The Balaban J connectivity index is 2.32. The zero-order valence-corrected chi connectivity index (χ0v) is 12.8. The molecule has 106 valence electrons. The van der Waals surface area contributed by atoms with Gasteiger partial charge in [0, 0.05) is 5.02 Å². The molecule has 0 aromatic heterocycles. The summed E-state index contributed by atoms with van der Waals surface area (Å²) in [5.74, 6) is 0.574. The summed E-state index contributed by atoms with van der Waals surface area (Å²) in [6.07, 6.45) is 0. The molecule has 0 amide bonds. The molecule has 7 heteroatoms. The van der Waals surface area contributed by atoms with Gasteiger partial charge in [0.1, 0.15) is 5.75 Å². The predicted octanol–water partition coefficient (Wildman–Crippen LogP) is 3.80. The fourth-order valence-electron chi connectivity index (χ4n) is 1.53. The van der Waals surface area contributed by atoms with Gasteiger partial charge in [0.2, 0.25) is 0 Å². The van der Waals surface area contributed by atoms with Gasteiger partial charge in [0.25, 0.3) is 10.0 Å². The summed E-state index contributed by atoms with van der Waals surface area (Å²) in [5, 5.41) is 0.660. The minimum absolute atomic E-state index is 0.106. The van der Waals surface area contributed by atoms with E-state index >= 15 is 0 Å². The highest BCUT2D eigenvalue weighted by Gasteiger charge is 2.16. The molecule has 0 aliphatic heterocycles. The van der Waals surface area contributed by atoms with E-state index in [1.807, 2.05) is 0 Å². The number of nitrogens with one attached hydrogen (secondary N) is 1. The minimum Gasteiger partial charge on any atom is -0.497 e. The number of anilines is 1. The maximum atomic E-state index is 12.2. The molecule has 0 atom stereocenters. The summed E-state index contributed by atoms with van der Waals surface area (Å²) >= 11 is 11.8. The number of halogens is 2. The first kappa shape index (κ1) is 15.0. The Hall–Kier alpha value is -1.43. The number of hydrogen-bond donors (Lipinski definition) is 1. The van der Waals surface area contributed by atoms with Crippen molar-refractivity contribution < 1.29 is 13.2 Å². The highest BCUT2D eigenvalue weighted by atomic mass is 35.5. The van der Waals surface area contributed by atoms with Gasteiger partial charge in [-0.15, -0.1) is 0 Å². The van der Waals surface area contributed by atoms with Crippen molar-refractivity contribution in [3.05, 3.63) is 52.5 Å². The Bertz CT molecular complexity index is 715. The summed E-state index contributed by atoms with van der Waals surface area (Å²) in [5.41, 5.74) is 0.231. The zero-order chi connectivity index (χ0) is 14.8. The molecule has 0 unspecified atom stereocenters. The summed E-state index contributed by atoms with van der Waals surface area (Å²) < 4.78 is 31.8. The number of sulfonamides is 1. The predicted molar refractivity (Wildman–Crippen MR) is 80.3 cm³/mol. The summed E-state index contributed by atoms with van der Waals surface area (Å²) in [4.78, 5) is 0.106. The molecule has 2 aromatic carbocycles. The number of hydrogen-bond acceptors (Lipinski definition) is 3. The third kappa shape index (κ3) is 3.36. The molecule has 0 saturated carbocycles. The topological polar surface area (TPSA) is 55.4 Å². The minimum atomic E-state index is -3.73. The second-order valence-electron chi connectivity index (χ2n) is 3.91. The molecule has 0 spiro atoms. The van der Waals surface area contributed by atoms with Gasteiger partial charge in [0.15, 0.2) is 0 Å². The molecule has 0 heterocycles. The molecule has 0 aliphatic rings. The van der Waals surface area contributed by atoms with Gasteiger partial charge >= 0.3 is 0 Å². The van der Waals surface area contributed by atoms with E-state index < -0.39 is 10.0 Å². The van der Waals surface area contributed by atoms with Crippen LogP contribution in [0.4, 0.5) is 5.69 Å². The van der Waals surface area contributed by atoms with Crippen LogP contribution in [-0.2, 0) is 10.0 Å². The van der Waals surface area contributed by atoms with E-state index in [0.29, 0.717) is 10.8 Å².